The summed E-state index contributed by atoms with van der Waals surface area (Å²) in [5, 5.41) is 13.9. The van der Waals surface area contributed by atoms with Crippen molar-refractivity contribution in [3.05, 3.63) is 63.8 Å². The third-order valence-electron chi connectivity index (χ3n) is 2.62. The Morgan fingerprint density at radius 2 is 2.00 bits per heavy atom. The van der Waals surface area contributed by atoms with Crippen molar-refractivity contribution in [3.8, 4) is 0 Å². The number of nitro groups is 1. The first-order valence-electron chi connectivity index (χ1n) is 5.61. The maximum Gasteiger partial charge on any atom is 0.357 e. The maximum atomic E-state index is 10.8. The Balaban J connectivity index is 2.10. The van der Waals surface area contributed by atoms with Crippen LogP contribution in [0.2, 0.25) is 0 Å². The van der Waals surface area contributed by atoms with E-state index in [1.165, 1.54) is 11.6 Å². The number of benzene rings is 1. The molecule has 0 amide bonds. The van der Waals surface area contributed by atoms with Gasteiger partial charge in [0, 0.05) is 6.07 Å². The van der Waals surface area contributed by atoms with E-state index in [0.717, 1.165) is 5.56 Å². The van der Waals surface area contributed by atoms with Crippen LogP contribution in [-0.4, -0.2) is 4.92 Å². The summed E-state index contributed by atoms with van der Waals surface area (Å²) in [5.74, 6) is 0.420. The Kier molecular flexibility index (Phi) is 3.52. The Hall–Kier alpha value is -2.43. The zero-order valence-corrected chi connectivity index (χ0v) is 10.0. The molecule has 1 heterocycles. The Morgan fingerprint density at radius 1 is 1.28 bits per heavy atom. The highest BCUT2D eigenvalue weighted by molar-refractivity contribution is 5.51. The molecule has 0 unspecified atom stereocenters. The fourth-order valence-electron chi connectivity index (χ4n) is 1.62. The molecular formula is C13H14N3O2+. The molecule has 92 valence electrons. The van der Waals surface area contributed by atoms with Crippen molar-refractivity contribution < 1.29 is 9.91 Å². The molecule has 0 saturated heterocycles. The molecule has 1 aromatic carbocycles. The van der Waals surface area contributed by atoms with Crippen LogP contribution in [-0.2, 0) is 6.54 Å². The molecule has 18 heavy (non-hydrogen) atoms. The highest BCUT2D eigenvalue weighted by Crippen LogP contribution is 2.18. The smallest absolute Gasteiger partial charge is 0.264 e. The largest absolute Gasteiger partial charge is 0.357 e. The summed E-state index contributed by atoms with van der Waals surface area (Å²) in [6.45, 7) is 2.56. The molecule has 5 nitrogen and oxygen atoms in total. The van der Waals surface area contributed by atoms with Gasteiger partial charge in [-0.25, -0.2) is 4.98 Å². The number of H-pyrrole nitrogens is 1. The molecule has 0 aliphatic rings. The van der Waals surface area contributed by atoms with E-state index in [-0.39, 0.29) is 5.69 Å². The molecule has 0 saturated carbocycles. The number of aromatic nitrogens is 1. The van der Waals surface area contributed by atoms with Crippen molar-refractivity contribution in [1.29, 1.82) is 0 Å². The predicted octanol–water partition coefficient (Wildman–Crippen LogP) is 2.33. The van der Waals surface area contributed by atoms with Gasteiger partial charge in [0.1, 0.15) is 6.54 Å². The van der Waals surface area contributed by atoms with Crippen molar-refractivity contribution in [2.24, 2.45) is 0 Å². The van der Waals surface area contributed by atoms with Gasteiger partial charge >= 0.3 is 11.5 Å². The lowest BCUT2D eigenvalue weighted by molar-refractivity contribution is -0.409. The van der Waals surface area contributed by atoms with E-state index in [0.29, 0.717) is 12.4 Å². The molecule has 0 atom stereocenters. The molecular weight excluding hydrogens is 230 g/mol. The first-order valence-corrected chi connectivity index (χ1v) is 5.61. The molecule has 0 fully saturated rings. The van der Waals surface area contributed by atoms with Crippen LogP contribution in [0.5, 0.6) is 0 Å². The fraction of sp³-hybridized carbons (Fsp3) is 0.154. The van der Waals surface area contributed by atoms with Gasteiger partial charge in [0.2, 0.25) is 0 Å². The first-order chi connectivity index (χ1) is 8.66. The minimum Gasteiger partial charge on any atom is -0.264 e. The number of pyridine rings is 1. The fourth-order valence-corrected chi connectivity index (χ4v) is 1.62. The normalized spacial score (nSPS) is 10.1. The molecule has 0 aliphatic carbocycles. The Bertz CT molecular complexity index is 552. The van der Waals surface area contributed by atoms with Gasteiger partial charge in [-0.3, -0.25) is 15.4 Å². The highest BCUT2D eigenvalue weighted by atomic mass is 16.6. The number of nitrogens with zero attached hydrogens (tertiary/aromatic N) is 1. The van der Waals surface area contributed by atoms with Gasteiger partial charge in [-0.2, -0.15) is 0 Å². The third kappa shape index (κ3) is 2.82. The number of aromatic amines is 1. The minimum atomic E-state index is -0.409. The summed E-state index contributed by atoms with van der Waals surface area (Å²) in [6, 6.07) is 11.1. The SMILES string of the molecule is Cc1ccc(CNc2[nH+]cccc2[N+](=O)[O-])cc1. The zero-order chi connectivity index (χ0) is 13.0. The van der Waals surface area contributed by atoms with E-state index in [9.17, 15) is 10.1 Å². The third-order valence-corrected chi connectivity index (χ3v) is 2.62. The number of aryl methyl sites for hydroxylation is 1. The van der Waals surface area contributed by atoms with E-state index < -0.39 is 4.92 Å². The number of hydrogen-bond donors (Lipinski definition) is 1. The molecule has 1 aromatic heterocycles. The molecule has 5 heteroatoms. The number of rotatable bonds is 4. The van der Waals surface area contributed by atoms with Gasteiger partial charge in [0.25, 0.3) is 0 Å². The molecule has 2 rings (SSSR count). The number of hydrogen-bond acceptors (Lipinski definition) is 3. The van der Waals surface area contributed by atoms with Crippen molar-refractivity contribution in [1.82, 2.24) is 0 Å². The topological polar surface area (TPSA) is 69.3 Å². The van der Waals surface area contributed by atoms with Crippen molar-refractivity contribution >= 4 is 11.5 Å². The van der Waals surface area contributed by atoms with Gasteiger partial charge in [-0.15, -0.1) is 0 Å². The van der Waals surface area contributed by atoms with Crippen LogP contribution < -0.4 is 10.3 Å². The summed E-state index contributed by atoms with van der Waals surface area (Å²) < 4.78 is 0. The molecule has 0 bridgehead atoms. The van der Waals surface area contributed by atoms with E-state index >= 15 is 0 Å². The van der Waals surface area contributed by atoms with Gasteiger partial charge in [-0.05, 0) is 18.6 Å². The quantitative estimate of drug-likeness (QED) is 0.662. The average Bonchev–Trinajstić information content (AvgIpc) is 2.38. The molecule has 0 radical (unpaired) electrons. The molecule has 2 aromatic rings. The van der Waals surface area contributed by atoms with Crippen LogP contribution in [0.4, 0.5) is 11.5 Å². The van der Waals surface area contributed by atoms with Crippen LogP contribution in [0.1, 0.15) is 11.1 Å². The Morgan fingerprint density at radius 3 is 2.67 bits per heavy atom. The second-order valence-corrected chi connectivity index (χ2v) is 4.03. The maximum absolute atomic E-state index is 10.8. The summed E-state index contributed by atoms with van der Waals surface area (Å²) in [7, 11) is 0. The van der Waals surface area contributed by atoms with Crippen LogP contribution >= 0.6 is 0 Å². The molecule has 0 spiro atoms. The van der Waals surface area contributed by atoms with Gasteiger partial charge < -0.3 is 0 Å². The van der Waals surface area contributed by atoms with Crippen LogP contribution in [0.15, 0.2) is 42.6 Å². The van der Waals surface area contributed by atoms with Gasteiger partial charge in [-0.1, -0.05) is 29.8 Å². The lowest BCUT2D eigenvalue weighted by Gasteiger charge is -2.01. The summed E-state index contributed by atoms with van der Waals surface area (Å²) in [4.78, 5) is 13.3. The van der Waals surface area contributed by atoms with Gasteiger partial charge in [0.05, 0.1) is 11.1 Å². The van der Waals surface area contributed by atoms with Crippen molar-refractivity contribution in [2.75, 3.05) is 5.32 Å². The molecule has 0 aliphatic heterocycles. The van der Waals surface area contributed by atoms with Crippen LogP contribution in [0, 0.1) is 17.0 Å². The van der Waals surface area contributed by atoms with E-state index in [1.807, 2.05) is 31.2 Å². The van der Waals surface area contributed by atoms with Gasteiger partial charge in [0.15, 0.2) is 0 Å². The second-order valence-electron chi connectivity index (χ2n) is 4.03. The van der Waals surface area contributed by atoms with E-state index in [2.05, 4.69) is 10.3 Å². The summed E-state index contributed by atoms with van der Waals surface area (Å²) in [6.07, 6.45) is 1.66. The summed E-state index contributed by atoms with van der Waals surface area (Å²) >= 11 is 0. The highest BCUT2D eigenvalue weighted by Gasteiger charge is 2.18. The number of nitrogens with one attached hydrogen (secondary N) is 2. The van der Waals surface area contributed by atoms with Crippen molar-refractivity contribution in [3.63, 3.8) is 0 Å². The second kappa shape index (κ2) is 5.27. The Labute approximate surface area is 105 Å². The van der Waals surface area contributed by atoms with Crippen molar-refractivity contribution in [2.45, 2.75) is 13.5 Å². The average molecular weight is 244 g/mol. The zero-order valence-electron chi connectivity index (χ0n) is 10.0. The van der Waals surface area contributed by atoms with Crippen LogP contribution in [0.25, 0.3) is 0 Å². The van der Waals surface area contributed by atoms with E-state index in [1.54, 1.807) is 12.3 Å². The van der Waals surface area contributed by atoms with E-state index in [4.69, 9.17) is 0 Å². The minimum absolute atomic E-state index is 0.0459. The number of anilines is 1. The predicted molar refractivity (Wildman–Crippen MR) is 68.2 cm³/mol. The monoisotopic (exact) mass is 244 g/mol. The first kappa shape index (κ1) is 12.0. The lowest BCUT2D eigenvalue weighted by atomic mass is 10.1. The lowest BCUT2D eigenvalue weighted by Crippen LogP contribution is -2.14. The summed E-state index contributed by atoms with van der Waals surface area (Å²) in [5.41, 5.74) is 2.31. The standard InChI is InChI=1S/C13H13N3O2/c1-10-4-6-11(7-5-10)9-15-13-12(16(17)18)3-2-8-14-13/h2-8H,9H2,1H3,(H,14,15)/p+1. The molecule has 2 N–H and O–H groups in total. The van der Waals surface area contributed by atoms with Crippen LogP contribution in [0.3, 0.4) is 0 Å².